The molecule has 1 aromatic rings. The second-order valence-electron chi connectivity index (χ2n) is 11.4. The fraction of sp³-hybridized carbons (Fsp3) is 0.700. The van der Waals surface area contributed by atoms with Gasteiger partial charge in [-0.15, -0.1) is 0 Å². The molecule has 284 valence electrons. The predicted octanol–water partition coefficient (Wildman–Crippen LogP) is -7.30. The van der Waals surface area contributed by atoms with Crippen LogP contribution < -0.4 is 42.1 Å². The van der Waals surface area contributed by atoms with Gasteiger partial charge in [0.1, 0.15) is 24.3 Å². The van der Waals surface area contributed by atoms with Crippen LogP contribution in [0.5, 0.6) is 0 Å². The summed E-state index contributed by atoms with van der Waals surface area (Å²) in [5.41, 5.74) is -1.20. The molecule has 1 unspecified atom stereocenters. The van der Waals surface area contributed by atoms with Crippen molar-refractivity contribution >= 4 is 41.5 Å². The zero-order valence-electron chi connectivity index (χ0n) is 28.1. The van der Waals surface area contributed by atoms with Crippen LogP contribution in [0.15, 0.2) is 9.59 Å². The van der Waals surface area contributed by atoms with Crippen LogP contribution in [0.2, 0.25) is 0 Å². The topological polar surface area (TPSA) is 256 Å². The van der Waals surface area contributed by atoms with Crippen LogP contribution in [0.3, 0.4) is 0 Å². The van der Waals surface area contributed by atoms with Crippen molar-refractivity contribution in [2.24, 2.45) is 0 Å². The summed E-state index contributed by atoms with van der Waals surface area (Å²) < 4.78 is 10.5. The first-order chi connectivity index (χ1) is 23.5. The molecule has 0 saturated carbocycles. The van der Waals surface area contributed by atoms with Gasteiger partial charge in [0.05, 0.1) is 44.3 Å². The van der Waals surface area contributed by atoms with Crippen LogP contribution in [0.4, 0.5) is 11.4 Å². The van der Waals surface area contributed by atoms with E-state index < -0.39 is 41.4 Å². The van der Waals surface area contributed by atoms with Crippen molar-refractivity contribution in [3.8, 4) is 0 Å². The van der Waals surface area contributed by atoms with Crippen molar-refractivity contribution in [2.45, 2.75) is 18.9 Å². The second-order valence-corrected chi connectivity index (χ2v) is 11.4. The van der Waals surface area contributed by atoms with Gasteiger partial charge in [0, 0.05) is 132 Å². The van der Waals surface area contributed by atoms with Gasteiger partial charge in [0.15, 0.2) is 0 Å². The van der Waals surface area contributed by atoms with E-state index in [2.05, 4.69) is 16.0 Å². The number of nitrogens with one attached hydrogen (secondary N) is 3. The van der Waals surface area contributed by atoms with Crippen LogP contribution in [-0.4, -0.2) is 174 Å². The first-order valence-corrected chi connectivity index (χ1v) is 16.1. The zero-order chi connectivity index (χ0) is 36.2. The van der Waals surface area contributed by atoms with Gasteiger partial charge in [0.25, 0.3) is 10.9 Å². The average Bonchev–Trinajstić information content (AvgIpc) is 3.05. The molecule has 1 fully saturated rings. The van der Waals surface area contributed by atoms with E-state index in [-0.39, 0.29) is 168 Å². The Morgan fingerprint density at radius 1 is 0.760 bits per heavy atom. The second kappa shape index (κ2) is 25.3. The Bertz CT molecular complexity index is 1300. The van der Waals surface area contributed by atoms with Gasteiger partial charge >= 0.3 is 0 Å². The molecule has 1 saturated heterocycles. The molecule has 0 radical (unpaired) electrons. The molecular formula is C30H46GdN7O12-3. The van der Waals surface area contributed by atoms with E-state index in [0.717, 1.165) is 0 Å². The Balaban J connectivity index is 0.0000125. The maximum absolute atomic E-state index is 12.3. The summed E-state index contributed by atoms with van der Waals surface area (Å²) >= 11 is 0. The number of nitrogens with zero attached hydrogens (tertiary/aromatic N) is 4. The van der Waals surface area contributed by atoms with Crippen LogP contribution in [0.1, 0.15) is 12.8 Å². The summed E-state index contributed by atoms with van der Waals surface area (Å²) in [6.45, 7) is 1.80. The number of ether oxygens (including phenoxy) is 2. The molecule has 1 aromatic carbocycles. The largest absolute Gasteiger partial charge is 0.549 e. The van der Waals surface area contributed by atoms with E-state index in [1.54, 1.807) is 14.7 Å². The van der Waals surface area contributed by atoms with E-state index in [9.17, 15) is 48.9 Å². The van der Waals surface area contributed by atoms with E-state index in [1.165, 1.54) is 11.9 Å². The minimum Gasteiger partial charge on any atom is -0.549 e. The van der Waals surface area contributed by atoms with Gasteiger partial charge in [-0.2, -0.15) is 0 Å². The summed E-state index contributed by atoms with van der Waals surface area (Å²) in [6, 6.07) is -1.09. The molecule has 0 aliphatic carbocycles. The minimum atomic E-state index is -1.35. The number of rotatable bonds is 22. The Hall–Kier alpha value is -2.69. The fourth-order valence-corrected chi connectivity index (χ4v) is 5.23. The van der Waals surface area contributed by atoms with Gasteiger partial charge in [0.2, 0.25) is 5.91 Å². The van der Waals surface area contributed by atoms with Crippen molar-refractivity contribution in [1.82, 2.24) is 24.9 Å². The molecule has 1 amide bonds. The smallest absolute Gasteiger partial charge is 0.253 e. The number of carbonyl (C=O) groups is 5. The van der Waals surface area contributed by atoms with Crippen molar-refractivity contribution < 1.29 is 88.7 Å². The van der Waals surface area contributed by atoms with E-state index >= 15 is 0 Å². The average molecular weight is 854 g/mol. The summed E-state index contributed by atoms with van der Waals surface area (Å²) in [5, 5.41) is 43.1. The molecule has 0 spiro atoms. The number of aldehydes is 1. The van der Waals surface area contributed by atoms with E-state index in [1.807, 2.05) is 0 Å². The van der Waals surface area contributed by atoms with Gasteiger partial charge in [-0.3, -0.25) is 34.0 Å². The molecule has 2 rings (SSSR count). The molecule has 1 aliphatic heterocycles. The number of aliphatic carboxylic acids is 3. The molecule has 1 heterocycles. The molecule has 1 aliphatic rings. The van der Waals surface area contributed by atoms with Crippen LogP contribution in [-0.2, 0) is 33.4 Å². The van der Waals surface area contributed by atoms with Crippen molar-refractivity contribution in [3.63, 3.8) is 0 Å². The Kier molecular flexibility index (Phi) is 22.9. The standard InChI is InChI=1S/C30H49N7O12.Gd/c1-31-23(39)21-49-18-17-48-16-5-33-27-26(28(44)29(27)45)32-4-2-3-22(30(46)47)37-12-10-34(14-15-38)6-7-35(19-24(40)41)8-9-36(11-13-37)20-25(42)43;/h15,22,32-33H,2-14,16-21H2,1H3,(H,31,39)(H,40,41)(H,42,43)(H,46,47);/p-3. The third-order valence-corrected chi connectivity index (χ3v) is 7.92. The SMILES string of the molecule is CNC(=O)COCCOCCNc1c(NCCCC(C(=O)[O-])N2CCN(CC=O)CCN(CC(=O)[O-])CCN(CC(=O)[O-])CC2)c(=O)c1=O.[Gd]. The monoisotopic (exact) mass is 854 g/mol. The van der Waals surface area contributed by atoms with Gasteiger partial charge < -0.3 is 59.9 Å². The Morgan fingerprint density at radius 2 is 1.26 bits per heavy atom. The van der Waals surface area contributed by atoms with Crippen LogP contribution in [0.25, 0.3) is 0 Å². The number of anilines is 2. The molecule has 20 heteroatoms. The molecule has 3 N–H and O–H groups in total. The van der Waals surface area contributed by atoms with Crippen molar-refractivity contribution in [2.75, 3.05) is 129 Å². The molecule has 0 aromatic heterocycles. The number of likely N-dealkylation sites (N-methyl/N-ethyl adjacent to an activating group) is 1. The van der Waals surface area contributed by atoms with Crippen LogP contribution in [0, 0.1) is 39.9 Å². The fourth-order valence-electron chi connectivity index (χ4n) is 5.23. The normalized spacial score (nSPS) is 16.3. The maximum atomic E-state index is 12.3. The molecule has 0 bridgehead atoms. The first-order valence-electron chi connectivity index (χ1n) is 16.1. The van der Waals surface area contributed by atoms with Crippen LogP contribution >= 0.6 is 0 Å². The Labute approximate surface area is 322 Å². The number of hydrogen-bond donors (Lipinski definition) is 3. The minimum absolute atomic E-state index is 0. The summed E-state index contributed by atoms with van der Waals surface area (Å²) in [5.74, 6) is -4.24. The number of amides is 1. The molecule has 50 heavy (non-hydrogen) atoms. The van der Waals surface area contributed by atoms with Gasteiger partial charge in [-0.25, -0.2) is 0 Å². The Morgan fingerprint density at radius 3 is 1.78 bits per heavy atom. The predicted molar refractivity (Wildman–Crippen MR) is 169 cm³/mol. The molecular weight excluding hydrogens is 808 g/mol. The van der Waals surface area contributed by atoms with Gasteiger partial charge in [-0.1, -0.05) is 0 Å². The summed E-state index contributed by atoms with van der Waals surface area (Å²) in [6.07, 6.45) is 1.06. The quantitative estimate of drug-likeness (QED) is 0.0556. The maximum Gasteiger partial charge on any atom is 0.253 e. The third kappa shape index (κ3) is 17.0. The number of carbonyl (C=O) groups excluding carboxylic acids is 5. The van der Waals surface area contributed by atoms with E-state index in [0.29, 0.717) is 12.8 Å². The summed E-state index contributed by atoms with van der Waals surface area (Å²) in [4.78, 5) is 88.2. The van der Waals surface area contributed by atoms with Gasteiger partial charge in [-0.05, 0) is 12.8 Å². The third-order valence-electron chi connectivity index (χ3n) is 7.92. The molecule has 1 atom stereocenters. The first kappa shape index (κ1) is 45.3. The summed E-state index contributed by atoms with van der Waals surface area (Å²) in [7, 11) is 1.50. The van der Waals surface area contributed by atoms with Crippen molar-refractivity contribution in [1.29, 1.82) is 0 Å². The zero-order valence-corrected chi connectivity index (χ0v) is 30.4. The van der Waals surface area contributed by atoms with E-state index in [4.69, 9.17) is 9.47 Å². The number of hydrogen-bond acceptors (Lipinski definition) is 18. The molecule has 19 nitrogen and oxygen atoms in total. The van der Waals surface area contributed by atoms with Crippen molar-refractivity contribution in [3.05, 3.63) is 20.4 Å². The number of carboxylic acid groups (broad SMARTS) is 3. The number of carboxylic acids is 3.